The summed E-state index contributed by atoms with van der Waals surface area (Å²) in [5.74, 6) is -9.28. The third-order valence-electron chi connectivity index (χ3n) is 1.07. The summed E-state index contributed by atoms with van der Waals surface area (Å²) in [5, 5.41) is 56.5. The largest absolute Gasteiger partial charge is 3.00 e. The van der Waals surface area contributed by atoms with E-state index < -0.39 is 35.8 Å². The van der Waals surface area contributed by atoms with Crippen LogP contribution >= 0.6 is 0 Å². The molecule has 0 saturated heterocycles. The van der Waals surface area contributed by atoms with Crippen LogP contribution in [0.15, 0.2) is 36.5 Å². The van der Waals surface area contributed by atoms with Gasteiger partial charge in [0, 0.05) is 0 Å². The predicted octanol–water partition coefficient (Wildman–Crippen LogP) is -8.87. The Morgan fingerprint density at radius 2 is 0.423 bits per heavy atom. The van der Waals surface area contributed by atoms with Crippen LogP contribution in [0.4, 0.5) is 0 Å². The molecule has 2 radical (unpaired) electrons. The minimum atomic E-state index is -1.55. The van der Waals surface area contributed by atoms with Gasteiger partial charge in [-0.15, -0.1) is 0 Å². The van der Waals surface area contributed by atoms with Crippen molar-refractivity contribution in [1.82, 2.24) is 0 Å². The zero-order chi connectivity index (χ0) is 19.7. The van der Waals surface area contributed by atoms with E-state index in [1.54, 1.807) is 0 Å². The summed E-state index contributed by atoms with van der Waals surface area (Å²) < 4.78 is 0. The van der Waals surface area contributed by atoms with Gasteiger partial charge in [0.15, 0.2) is 0 Å². The Morgan fingerprint density at radius 1 is 0.346 bits per heavy atom. The fraction of sp³-hybridized carbons (Fsp3) is 0. The first kappa shape index (κ1) is 35.6. The third-order valence-corrected chi connectivity index (χ3v) is 1.07. The van der Waals surface area contributed by atoms with Crippen molar-refractivity contribution in [2.24, 2.45) is 0 Å². The Bertz CT molecular complexity index is 448. The number of carbonyl (C=O) groups is 6. The molecule has 0 atom stereocenters. The van der Waals surface area contributed by atoms with Crippen LogP contribution in [-0.2, 0) is 28.8 Å². The quantitative estimate of drug-likeness (QED) is 0.238. The molecule has 14 heteroatoms. The molecule has 150 valence electrons. The summed E-state index contributed by atoms with van der Waals surface area (Å²) in [6, 6.07) is 0. The molecule has 0 aromatic heterocycles. The number of carbonyl (C=O) groups excluding carboxylic acids is 6. The Morgan fingerprint density at radius 3 is 0.462 bits per heavy atom. The summed E-state index contributed by atoms with van der Waals surface area (Å²) in [4.78, 5) is 56.5. The van der Waals surface area contributed by atoms with Crippen molar-refractivity contribution in [3.05, 3.63) is 36.5 Å². The van der Waals surface area contributed by atoms with E-state index in [9.17, 15) is 59.4 Å². The standard InChI is InChI=1S/3C4H4O4.2Er/c3*5-3(6)1-2-4(7)8;;/h3*1-2H,(H,5,6)(H,7,8);;/q;;;2*+3/p-6/b3*2-1-;;. The second-order valence-electron chi connectivity index (χ2n) is 2.91. The average Bonchev–Trinajstić information content (AvgIpc) is 2.42. The molecule has 0 aliphatic heterocycles. The van der Waals surface area contributed by atoms with Crippen molar-refractivity contribution in [3.63, 3.8) is 0 Å². The van der Waals surface area contributed by atoms with Gasteiger partial charge < -0.3 is 59.4 Å². The van der Waals surface area contributed by atoms with Crippen molar-refractivity contribution in [2.45, 2.75) is 0 Å². The smallest absolute Gasteiger partial charge is 0.545 e. The van der Waals surface area contributed by atoms with Crippen LogP contribution in [0.3, 0.4) is 0 Å². The van der Waals surface area contributed by atoms with Gasteiger partial charge in [-0.05, 0) is 36.5 Å². The fourth-order valence-corrected chi connectivity index (χ4v) is 0.408. The van der Waals surface area contributed by atoms with E-state index in [2.05, 4.69) is 0 Å². The summed E-state index contributed by atoms with van der Waals surface area (Å²) in [6.45, 7) is 0. The Balaban J connectivity index is -0.0000000817. The molecule has 0 spiro atoms. The molecule has 26 heavy (non-hydrogen) atoms. The first-order chi connectivity index (χ1) is 10.9. The average molecular weight is 677 g/mol. The van der Waals surface area contributed by atoms with Crippen molar-refractivity contribution in [1.29, 1.82) is 0 Å². The van der Waals surface area contributed by atoms with Crippen LogP contribution in [0.25, 0.3) is 0 Å². The summed E-state index contributed by atoms with van der Waals surface area (Å²) in [6.07, 6.45) is 2.31. The van der Waals surface area contributed by atoms with Gasteiger partial charge in [-0.1, -0.05) is 0 Å². The maximum Gasteiger partial charge on any atom is 3.00 e. The predicted molar refractivity (Wildman–Crippen MR) is 57.5 cm³/mol. The van der Waals surface area contributed by atoms with E-state index in [0.29, 0.717) is 36.5 Å². The minimum Gasteiger partial charge on any atom is -0.545 e. The molecule has 0 fully saturated rings. The maximum atomic E-state index is 9.41. The van der Waals surface area contributed by atoms with Gasteiger partial charge in [-0.3, -0.25) is 0 Å². The van der Waals surface area contributed by atoms with Crippen LogP contribution in [0.2, 0.25) is 0 Å². The molecule has 0 aromatic rings. The maximum absolute atomic E-state index is 9.41. The number of carboxylic acid groups (broad SMARTS) is 6. The number of hydrogen-bond donors (Lipinski definition) is 0. The topological polar surface area (TPSA) is 241 Å². The number of carboxylic acids is 6. The van der Waals surface area contributed by atoms with Gasteiger partial charge in [-0.2, -0.15) is 0 Å². The van der Waals surface area contributed by atoms with Crippen molar-refractivity contribution in [3.8, 4) is 0 Å². The Kier molecular flexibility index (Phi) is 32.2. The normalized spacial score (nSPS) is 8.77. The van der Waals surface area contributed by atoms with Crippen molar-refractivity contribution in [2.75, 3.05) is 0 Å². The molecule has 0 aliphatic rings. The van der Waals surface area contributed by atoms with E-state index in [-0.39, 0.29) is 74.6 Å². The van der Waals surface area contributed by atoms with Crippen LogP contribution in [-0.4, -0.2) is 35.8 Å². The van der Waals surface area contributed by atoms with E-state index in [0.717, 1.165) is 0 Å². The molecule has 0 unspecified atom stereocenters. The monoisotopic (exact) mass is 674 g/mol. The molecule has 0 bridgehead atoms. The van der Waals surface area contributed by atoms with E-state index in [4.69, 9.17) is 0 Å². The summed E-state index contributed by atoms with van der Waals surface area (Å²) >= 11 is 0. The Hall–Kier alpha value is -1.47. The first-order valence-electron chi connectivity index (χ1n) is 5.18. The van der Waals surface area contributed by atoms with Gasteiger partial charge in [0.1, 0.15) is 0 Å². The molecule has 0 heterocycles. The third kappa shape index (κ3) is 57.0. The van der Waals surface area contributed by atoms with Gasteiger partial charge >= 0.3 is 74.6 Å². The van der Waals surface area contributed by atoms with Gasteiger partial charge in [0.05, 0.1) is 35.8 Å². The molecule has 0 aromatic carbocycles. The molecule has 12 nitrogen and oxygen atoms in total. The Labute approximate surface area is 204 Å². The number of hydrogen-bond acceptors (Lipinski definition) is 12. The van der Waals surface area contributed by atoms with Crippen LogP contribution in [0.1, 0.15) is 0 Å². The van der Waals surface area contributed by atoms with Crippen molar-refractivity contribution >= 4 is 35.8 Å². The van der Waals surface area contributed by atoms with Gasteiger partial charge in [-0.25, -0.2) is 0 Å². The molecule has 0 amide bonds. The van der Waals surface area contributed by atoms with E-state index in [1.807, 2.05) is 0 Å². The molecular weight excluding hydrogens is 671 g/mol. The second-order valence-corrected chi connectivity index (χ2v) is 2.91. The number of aliphatic carboxylic acids is 6. The minimum absolute atomic E-state index is 0. The van der Waals surface area contributed by atoms with E-state index >= 15 is 0 Å². The molecule has 0 saturated carbocycles. The number of rotatable bonds is 6. The first-order valence-corrected chi connectivity index (χ1v) is 5.18. The van der Waals surface area contributed by atoms with Crippen LogP contribution < -0.4 is 30.6 Å². The molecular formula is C12H6Er2O12. The summed E-state index contributed by atoms with van der Waals surface area (Å²) in [7, 11) is 0. The zero-order valence-corrected chi connectivity index (χ0v) is 15.6. The molecule has 0 N–H and O–H groups in total. The van der Waals surface area contributed by atoms with E-state index in [1.165, 1.54) is 0 Å². The zero-order valence-electron chi connectivity index (χ0n) is 11.9. The molecule has 0 rings (SSSR count). The molecule has 0 aliphatic carbocycles. The van der Waals surface area contributed by atoms with Gasteiger partial charge in [0.25, 0.3) is 0 Å². The second kappa shape index (κ2) is 23.5. The van der Waals surface area contributed by atoms with Crippen molar-refractivity contribution < 1.29 is 134 Å². The SMILES string of the molecule is O=C([O-])/C=C\C(=O)[O-].O=C([O-])/C=C\C(=O)[O-].O=C([O-])/C=C\C(=O)[O-].[Er+3].[Er+3]. The van der Waals surface area contributed by atoms with Crippen LogP contribution in [0, 0.1) is 74.6 Å². The van der Waals surface area contributed by atoms with Gasteiger partial charge in [0.2, 0.25) is 0 Å². The van der Waals surface area contributed by atoms with Crippen LogP contribution in [0.5, 0.6) is 0 Å². The summed E-state index contributed by atoms with van der Waals surface area (Å²) in [5.41, 5.74) is 0. The fourth-order valence-electron chi connectivity index (χ4n) is 0.408.